The van der Waals surface area contributed by atoms with Gasteiger partial charge >= 0.3 is 0 Å². The molecule has 0 aliphatic carbocycles. The monoisotopic (exact) mass is 125 g/mol. The molecule has 1 heterocycles. The Bertz CT molecular complexity index is 206. The maximum atomic E-state index is 9.89. The minimum Gasteiger partial charge on any atom is -0.303 e. The average Bonchev–Trinajstić information content (AvgIpc) is 2.17. The van der Waals surface area contributed by atoms with E-state index in [2.05, 4.69) is 15.2 Å². The lowest BCUT2D eigenvalue weighted by Gasteiger charge is -1.76. The minimum atomic E-state index is 0.296. The third-order valence-electron chi connectivity index (χ3n) is 0.909. The lowest BCUT2D eigenvalue weighted by atomic mass is 10.5. The molecule has 1 aromatic rings. The van der Waals surface area contributed by atoms with Crippen molar-refractivity contribution < 1.29 is 4.79 Å². The van der Waals surface area contributed by atoms with E-state index < -0.39 is 0 Å². The highest BCUT2D eigenvalue weighted by Gasteiger charge is 1.95. The molecule has 0 atom stereocenters. The Labute approximate surface area is 52.3 Å². The first-order valence-corrected chi connectivity index (χ1v) is 2.64. The van der Waals surface area contributed by atoms with Crippen LogP contribution in [0.15, 0.2) is 0 Å². The molecule has 1 rings (SSSR count). The largest absolute Gasteiger partial charge is 0.303 e. The number of aldehydes is 1. The molecule has 9 heavy (non-hydrogen) atoms. The Morgan fingerprint density at radius 2 is 2.56 bits per heavy atom. The highest BCUT2D eigenvalue weighted by molar-refractivity contribution is 5.52. The number of aromatic amines is 1. The van der Waals surface area contributed by atoms with E-state index in [0.29, 0.717) is 12.2 Å². The molecule has 0 saturated carbocycles. The zero-order chi connectivity index (χ0) is 6.69. The van der Waals surface area contributed by atoms with Gasteiger partial charge in [0.1, 0.15) is 12.1 Å². The normalized spacial score (nSPS) is 9.44. The van der Waals surface area contributed by atoms with E-state index in [0.717, 1.165) is 12.1 Å². The van der Waals surface area contributed by atoms with Crippen LogP contribution in [0.1, 0.15) is 11.6 Å². The van der Waals surface area contributed by atoms with Crippen LogP contribution in [0.25, 0.3) is 0 Å². The predicted octanol–water partition coefficient (Wildman–Crippen LogP) is -0.145. The number of carbonyl (C=O) groups is 1. The van der Waals surface area contributed by atoms with Gasteiger partial charge in [0.05, 0.1) is 6.42 Å². The number of nitrogens with one attached hydrogen (secondary N) is 1. The highest BCUT2D eigenvalue weighted by atomic mass is 16.1. The molecule has 0 aliphatic rings. The molecular formula is C5H7N3O. The van der Waals surface area contributed by atoms with Crippen molar-refractivity contribution in [3.05, 3.63) is 11.6 Å². The summed E-state index contributed by atoms with van der Waals surface area (Å²) in [4.78, 5) is 13.8. The van der Waals surface area contributed by atoms with Crippen LogP contribution in [0.3, 0.4) is 0 Å². The summed E-state index contributed by atoms with van der Waals surface area (Å²) >= 11 is 0. The van der Waals surface area contributed by atoms with Crippen molar-refractivity contribution in [3.8, 4) is 0 Å². The van der Waals surface area contributed by atoms with Crippen molar-refractivity contribution in [3.63, 3.8) is 0 Å². The van der Waals surface area contributed by atoms with Crippen molar-refractivity contribution in [2.24, 2.45) is 0 Å². The van der Waals surface area contributed by atoms with Crippen molar-refractivity contribution in [1.82, 2.24) is 15.2 Å². The van der Waals surface area contributed by atoms with Crippen LogP contribution in [-0.2, 0) is 11.2 Å². The van der Waals surface area contributed by atoms with Gasteiger partial charge in [0.25, 0.3) is 0 Å². The van der Waals surface area contributed by atoms with E-state index >= 15 is 0 Å². The van der Waals surface area contributed by atoms with E-state index in [4.69, 9.17) is 0 Å². The molecule has 1 aromatic heterocycles. The Balaban J connectivity index is 2.72. The third-order valence-corrected chi connectivity index (χ3v) is 0.909. The quantitative estimate of drug-likeness (QED) is 0.559. The summed E-state index contributed by atoms with van der Waals surface area (Å²) < 4.78 is 0. The predicted molar refractivity (Wildman–Crippen MR) is 30.9 cm³/mol. The maximum Gasteiger partial charge on any atom is 0.157 e. The molecule has 0 radical (unpaired) electrons. The van der Waals surface area contributed by atoms with Gasteiger partial charge < -0.3 is 4.79 Å². The average molecular weight is 125 g/mol. The van der Waals surface area contributed by atoms with Gasteiger partial charge in [-0.05, 0) is 6.92 Å². The van der Waals surface area contributed by atoms with Gasteiger partial charge in [0, 0.05) is 0 Å². The van der Waals surface area contributed by atoms with Gasteiger partial charge in [-0.3, -0.25) is 5.10 Å². The fourth-order valence-electron chi connectivity index (χ4n) is 0.555. The fraction of sp³-hybridized carbons (Fsp3) is 0.400. The van der Waals surface area contributed by atoms with Crippen LogP contribution < -0.4 is 0 Å². The summed E-state index contributed by atoms with van der Waals surface area (Å²) in [7, 11) is 0. The molecule has 4 heteroatoms. The van der Waals surface area contributed by atoms with Crippen LogP contribution in [0, 0.1) is 6.92 Å². The van der Waals surface area contributed by atoms with Crippen LogP contribution >= 0.6 is 0 Å². The van der Waals surface area contributed by atoms with Gasteiger partial charge in [-0.15, -0.1) is 0 Å². The van der Waals surface area contributed by atoms with Gasteiger partial charge in [-0.2, -0.15) is 5.10 Å². The Hall–Kier alpha value is -1.19. The molecule has 0 aromatic carbocycles. The van der Waals surface area contributed by atoms with E-state index in [1.807, 2.05) is 0 Å². The fourth-order valence-corrected chi connectivity index (χ4v) is 0.555. The summed E-state index contributed by atoms with van der Waals surface area (Å²) in [5, 5.41) is 6.37. The number of H-pyrrole nitrogens is 1. The van der Waals surface area contributed by atoms with Crippen molar-refractivity contribution in [2.45, 2.75) is 13.3 Å². The Morgan fingerprint density at radius 1 is 1.78 bits per heavy atom. The number of aromatic nitrogens is 3. The molecule has 0 spiro atoms. The van der Waals surface area contributed by atoms with Gasteiger partial charge in [-0.25, -0.2) is 4.98 Å². The second-order valence-corrected chi connectivity index (χ2v) is 1.71. The highest BCUT2D eigenvalue weighted by Crippen LogP contribution is 1.88. The number of aryl methyl sites for hydroxylation is 1. The Kier molecular flexibility index (Phi) is 1.58. The van der Waals surface area contributed by atoms with Crippen LogP contribution in [-0.4, -0.2) is 21.5 Å². The number of rotatable bonds is 2. The van der Waals surface area contributed by atoms with Crippen LogP contribution in [0.5, 0.6) is 0 Å². The Morgan fingerprint density at radius 3 is 3.00 bits per heavy atom. The lowest BCUT2D eigenvalue weighted by molar-refractivity contribution is -0.107. The summed E-state index contributed by atoms with van der Waals surface area (Å²) in [6.45, 7) is 1.79. The van der Waals surface area contributed by atoms with Gasteiger partial charge in [0.15, 0.2) is 5.82 Å². The molecule has 0 aliphatic heterocycles. The van der Waals surface area contributed by atoms with Crippen molar-refractivity contribution in [2.75, 3.05) is 0 Å². The van der Waals surface area contributed by atoms with Crippen LogP contribution in [0.4, 0.5) is 0 Å². The smallest absolute Gasteiger partial charge is 0.157 e. The zero-order valence-corrected chi connectivity index (χ0v) is 5.09. The summed E-state index contributed by atoms with van der Waals surface area (Å²) in [6, 6.07) is 0. The number of nitrogens with zero attached hydrogens (tertiary/aromatic N) is 2. The first-order valence-electron chi connectivity index (χ1n) is 2.64. The molecule has 0 amide bonds. The SMILES string of the molecule is Cc1nc(CC=O)n[nH]1. The van der Waals surface area contributed by atoms with Crippen LogP contribution in [0.2, 0.25) is 0 Å². The number of carbonyl (C=O) groups excluding carboxylic acids is 1. The van der Waals surface area contributed by atoms with Gasteiger partial charge in [0.2, 0.25) is 0 Å². The molecular weight excluding hydrogens is 118 g/mol. The summed E-state index contributed by atoms with van der Waals surface area (Å²) in [5.41, 5.74) is 0. The standard InChI is InChI=1S/C5H7N3O/c1-4-6-5(2-3-9)8-7-4/h3H,2H2,1H3,(H,6,7,8). The van der Waals surface area contributed by atoms with Gasteiger partial charge in [-0.1, -0.05) is 0 Å². The van der Waals surface area contributed by atoms with Crippen molar-refractivity contribution >= 4 is 6.29 Å². The number of hydrogen-bond donors (Lipinski definition) is 1. The first-order chi connectivity index (χ1) is 4.33. The molecule has 1 N–H and O–H groups in total. The van der Waals surface area contributed by atoms with E-state index in [9.17, 15) is 4.79 Å². The molecule has 0 bridgehead atoms. The topological polar surface area (TPSA) is 58.6 Å². The summed E-state index contributed by atoms with van der Waals surface area (Å²) in [6.07, 6.45) is 1.08. The van der Waals surface area contributed by atoms with E-state index in [1.54, 1.807) is 6.92 Å². The second-order valence-electron chi connectivity index (χ2n) is 1.71. The molecule has 0 saturated heterocycles. The molecule has 4 nitrogen and oxygen atoms in total. The van der Waals surface area contributed by atoms with E-state index in [-0.39, 0.29) is 0 Å². The number of hydrogen-bond acceptors (Lipinski definition) is 3. The third kappa shape index (κ3) is 1.35. The second kappa shape index (κ2) is 2.39. The maximum absolute atomic E-state index is 9.89. The zero-order valence-electron chi connectivity index (χ0n) is 5.09. The first kappa shape index (κ1) is 5.94. The minimum absolute atomic E-state index is 0.296. The van der Waals surface area contributed by atoms with Crippen molar-refractivity contribution in [1.29, 1.82) is 0 Å². The molecule has 48 valence electrons. The van der Waals surface area contributed by atoms with E-state index in [1.165, 1.54) is 0 Å². The lowest BCUT2D eigenvalue weighted by Crippen LogP contribution is -1.87. The molecule has 0 unspecified atom stereocenters. The summed E-state index contributed by atoms with van der Waals surface area (Å²) in [5.74, 6) is 1.30. The molecule has 0 fully saturated rings.